The van der Waals surface area contributed by atoms with Gasteiger partial charge >= 0.3 is 23.9 Å². The summed E-state index contributed by atoms with van der Waals surface area (Å²) in [6.07, 6.45) is 6.23. The smallest absolute Gasteiger partial charge is 0.373 e. The number of benzene rings is 4. The van der Waals surface area contributed by atoms with Crippen molar-refractivity contribution in [3.63, 3.8) is 0 Å². The lowest BCUT2D eigenvalue weighted by Gasteiger charge is -2.22. The fourth-order valence-electron chi connectivity index (χ4n) is 9.57. The summed E-state index contributed by atoms with van der Waals surface area (Å²) in [5, 5.41) is 13.1. The standard InChI is InChI=1S/C18H25NO6.C18H24O6.C14H11NO5.C13H14O6/c1-11(21-3)9-19(2)10-12-7-14(22-4)13-8-15(18(20)24-6)25-17(13)16(12)23-5;1-11(20-2)7-6-8-12-9-14(21-3)13-10-15(18(19)23-5)24-17(13)16(12)22-4;1-18-11-7-3-4-15-6-9(7)12(19-2)13-8(11)5-10(20-13)14(16)17;1-15-8-6-9(16-2)12(17-3)11-7(8)5-10(19-11)13(14)18-4/h7-8,11H,9-10H2,1-6H3;9-11H,6-8H2,1-5H3;3-6H,1-2H3,(H,16,17);5-6H,1-4H3. The van der Waals surface area contributed by atoms with E-state index in [-0.39, 0.29) is 35.2 Å². The van der Waals surface area contributed by atoms with Gasteiger partial charge in [-0.05, 0) is 58.4 Å². The van der Waals surface area contributed by atoms with Gasteiger partial charge in [0.2, 0.25) is 28.8 Å². The van der Waals surface area contributed by atoms with Gasteiger partial charge in [0.25, 0.3) is 0 Å². The average Bonchev–Trinajstić information content (AvgIpc) is 2.30. The van der Waals surface area contributed by atoms with Crippen LogP contribution in [-0.2, 0) is 36.6 Å². The second kappa shape index (κ2) is 31.2. The van der Waals surface area contributed by atoms with Gasteiger partial charge in [-0.2, -0.15) is 0 Å². The van der Waals surface area contributed by atoms with Crippen LogP contribution in [0.3, 0.4) is 0 Å². The fraction of sp³-hybridized carbons (Fsp3) is 0.381. The molecule has 4 aromatic carbocycles. The second-order valence-electron chi connectivity index (χ2n) is 19.2. The summed E-state index contributed by atoms with van der Waals surface area (Å²) < 4.78 is 95.3. The minimum absolute atomic E-state index is 0.0716. The third kappa shape index (κ3) is 14.8. The number of hydrogen-bond donors (Lipinski definition) is 1. The molecule has 2 unspecified atom stereocenters. The highest BCUT2D eigenvalue weighted by atomic mass is 16.6. The van der Waals surface area contributed by atoms with Crippen molar-refractivity contribution in [1.29, 1.82) is 0 Å². The first-order chi connectivity index (χ1) is 42.3. The summed E-state index contributed by atoms with van der Waals surface area (Å²) in [4.78, 5) is 52.3. The highest BCUT2D eigenvalue weighted by Gasteiger charge is 2.27. The number of nitrogens with zero attached hydrogens (tertiary/aromatic N) is 2. The number of pyridine rings is 1. The Morgan fingerprint density at radius 1 is 0.466 bits per heavy atom. The number of carbonyl (C=O) groups excluding carboxylic acids is 3. The molecule has 0 radical (unpaired) electrons. The number of rotatable bonds is 23. The van der Waals surface area contributed by atoms with Gasteiger partial charge < -0.3 is 89.1 Å². The van der Waals surface area contributed by atoms with E-state index in [1.165, 1.54) is 62.9 Å². The van der Waals surface area contributed by atoms with Crippen molar-refractivity contribution in [3.8, 4) is 51.7 Å². The van der Waals surface area contributed by atoms with Crippen LogP contribution >= 0.6 is 0 Å². The van der Waals surface area contributed by atoms with Crippen LogP contribution < -0.4 is 42.6 Å². The zero-order valence-corrected chi connectivity index (χ0v) is 52.3. The molecule has 0 saturated heterocycles. The van der Waals surface area contributed by atoms with Crippen LogP contribution in [-0.4, -0.2) is 164 Å². The average molecular weight is 1230 g/mol. The Kier molecular flexibility index (Phi) is 23.9. The Bertz CT molecular complexity index is 3810. The van der Waals surface area contributed by atoms with E-state index >= 15 is 0 Å². The number of fused-ring (bicyclic) bond motifs is 5. The number of carboxylic acids is 1. The lowest BCUT2D eigenvalue weighted by molar-refractivity contribution is 0.0559. The van der Waals surface area contributed by atoms with Crippen molar-refractivity contribution in [2.75, 3.05) is 113 Å². The molecule has 25 nitrogen and oxygen atoms in total. The predicted molar refractivity (Wildman–Crippen MR) is 322 cm³/mol. The van der Waals surface area contributed by atoms with Crippen molar-refractivity contribution in [2.45, 2.75) is 51.9 Å². The molecule has 1 N–H and O–H groups in total. The van der Waals surface area contributed by atoms with E-state index in [4.69, 9.17) is 84.4 Å². The molecule has 0 spiro atoms. The molecule has 5 aromatic heterocycles. The Labute approximate surface area is 506 Å². The SMILES string of the molecule is COC(=O)c1cc2c(OC)cc(CCCC(C)OC)c(OC)c2o1.COC(=O)c1cc2c(OC)cc(CN(C)CC(C)OC)c(OC)c2o1.COC(=O)c1cc2c(OC)cc(OC)c(OC)c2o1.COc1c2ccncc2c(OC)c2oc(C(=O)O)cc12. The topological polar surface area (TPSA) is 286 Å². The van der Waals surface area contributed by atoms with Crippen molar-refractivity contribution < 1.29 is 108 Å². The number of carbonyl (C=O) groups is 4. The molecule has 5 heterocycles. The number of carboxylic acid groups (broad SMARTS) is 1. The van der Waals surface area contributed by atoms with Gasteiger partial charge in [-0.15, -0.1) is 0 Å². The van der Waals surface area contributed by atoms with Crippen LogP contribution in [0, 0.1) is 0 Å². The zero-order chi connectivity index (χ0) is 64.5. The summed E-state index contributed by atoms with van der Waals surface area (Å²) in [5.74, 6) is 2.12. The Hall–Kier alpha value is -9.59. The van der Waals surface area contributed by atoms with Crippen LogP contribution in [0.2, 0.25) is 0 Å². The van der Waals surface area contributed by atoms with Crippen LogP contribution in [0.15, 0.2) is 78.6 Å². The third-order valence-electron chi connectivity index (χ3n) is 13.9. The summed E-state index contributed by atoms with van der Waals surface area (Å²) >= 11 is 0. The Balaban J connectivity index is 0.000000188. The predicted octanol–water partition coefficient (Wildman–Crippen LogP) is 11.2. The van der Waals surface area contributed by atoms with E-state index in [0.29, 0.717) is 108 Å². The third-order valence-corrected chi connectivity index (χ3v) is 13.9. The van der Waals surface area contributed by atoms with Gasteiger partial charge in [-0.1, -0.05) is 0 Å². The molecular formula is C63H74N2O23. The van der Waals surface area contributed by atoms with Crippen molar-refractivity contribution in [2.24, 2.45) is 0 Å². The molecule has 0 amide bonds. The highest BCUT2D eigenvalue weighted by molar-refractivity contribution is 6.10. The number of hydrogen-bond acceptors (Lipinski definition) is 24. The quantitative estimate of drug-likeness (QED) is 0.0460. The number of aromatic nitrogens is 1. The number of likely N-dealkylation sites (N-methyl/N-ethyl adjacent to an activating group) is 1. The van der Waals surface area contributed by atoms with E-state index in [1.807, 2.05) is 33.0 Å². The molecule has 88 heavy (non-hydrogen) atoms. The summed E-state index contributed by atoms with van der Waals surface area (Å²) in [7, 11) is 23.1. The fourth-order valence-corrected chi connectivity index (χ4v) is 9.57. The lowest BCUT2D eigenvalue weighted by atomic mass is 10.0. The Morgan fingerprint density at radius 2 is 0.886 bits per heavy atom. The maximum atomic E-state index is 11.8. The van der Waals surface area contributed by atoms with Crippen LogP contribution in [0.4, 0.5) is 0 Å². The number of esters is 3. The van der Waals surface area contributed by atoms with Crippen LogP contribution in [0.25, 0.3) is 54.6 Å². The normalized spacial score (nSPS) is 11.6. The number of ether oxygens (including phenoxy) is 14. The maximum Gasteiger partial charge on any atom is 0.373 e. The monoisotopic (exact) mass is 1230 g/mol. The van der Waals surface area contributed by atoms with Crippen molar-refractivity contribution in [1.82, 2.24) is 9.88 Å². The molecular weight excluding hydrogens is 1150 g/mol. The lowest BCUT2D eigenvalue weighted by Crippen LogP contribution is -2.28. The van der Waals surface area contributed by atoms with Gasteiger partial charge in [0.1, 0.15) is 23.0 Å². The minimum atomic E-state index is -1.15. The molecule has 0 fully saturated rings. The minimum Gasteiger partial charge on any atom is -0.496 e. The molecule has 9 rings (SSSR count). The Morgan fingerprint density at radius 3 is 1.33 bits per heavy atom. The summed E-state index contributed by atoms with van der Waals surface area (Å²) in [6, 6.07) is 13.4. The maximum absolute atomic E-state index is 11.8. The molecule has 2 atom stereocenters. The molecule has 0 aliphatic heterocycles. The van der Waals surface area contributed by atoms with E-state index in [2.05, 4.69) is 14.6 Å². The van der Waals surface area contributed by atoms with Crippen LogP contribution in [0.1, 0.15) is 80.0 Å². The summed E-state index contributed by atoms with van der Waals surface area (Å²) in [6.45, 7) is 5.41. The largest absolute Gasteiger partial charge is 0.496 e. The van der Waals surface area contributed by atoms with Gasteiger partial charge in [-0.3, -0.25) is 9.88 Å². The molecule has 9 aromatic rings. The first-order valence-electron chi connectivity index (χ1n) is 27.0. The second-order valence-corrected chi connectivity index (χ2v) is 19.2. The molecule has 474 valence electrons. The van der Waals surface area contributed by atoms with E-state index in [1.54, 1.807) is 85.4 Å². The zero-order valence-electron chi connectivity index (χ0n) is 52.3. The number of methoxy groups -OCH3 is 14. The number of aromatic carboxylic acids is 1. The van der Waals surface area contributed by atoms with Gasteiger partial charge in [0.15, 0.2) is 45.3 Å². The van der Waals surface area contributed by atoms with Gasteiger partial charge in [0, 0.05) is 91.9 Å². The molecule has 0 aliphatic carbocycles. The first-order valence-corrected chi connectivity index (χ1v) is 27.0. The van der Waals surface area contributed by atoms with E-state index in [9.17, 15) is 19.2 Å². The molecule has 0 aliphatic rings. The van der Waals surface area contributed by atoms with Crippen molar-refractivity contribution in [3.05, 3.63) is 95.1 Å². The van der Waals surface area contributed by atoms with E-state index < -0.39 is 23.9 Å². The van der Waals surface area contributed by atoms with Crippen LogP contribution in [0.5, 0.6) is 51.7 Å². The number of aryl methyl sites for hydroxylation is 1. The van der Waals surface area contributed by atoms with E-state index in [0.717, 1.165) is 42.3 Å². The highest BCUT2D eigenvalue weighted by Crippen LogP contribution is 2.46. The van der Waals surface area contributed by atoms with Gasteiger partial charge in [0.05, 0.1) is 119 Å². The molecule has 0 saturated carbocycles. The van der Waals surface area contributed by atoms with Crippen molar-refractivity contribution >= 4 is 78.5 Å². The molecule has 0 bridgehead atoms. The van der Waals surface area contributed by atoms with Gasteiger partial charge in [-0.25, -0.2) is 19.2 Å². The summed E-state index contributed by atoms with van der Waals surface area (Å²) in [5.41, 5.74) is 3.53. The molecule has 25 heteroatoms. The number of furan rings is 4. The first kappa shape index (κ1) is 67.5.